The molecule has 2 N–H and O–H groups in total. The van der Waals surface area contributed by atoms with E-state index in [1.54, 1.807) is 44.8 Å². The van der Waals surface area contributed by atoms with Crippen LogP contribution in [0.2, 0.25) is 0 Å². The molecule has 0 amide bonds. The van der Waals surface area contributed by atoms with Crippen molar-refractivity contribution >= 4 is 45.9 Å². The number of fused-ring (bicyclic) bond motifs is 1. The summed E-state index contributed by atoms with van der Waals surface area (Å²) in [6.07, 6.45) is 5.70. The molecule has 1 heterocycles. The van der Waals surface area contributed by atoms with Crippen LogP contribution in [0.3, 0.4) is 0 Å². The summed E-state index contributed by atoms with van der Waals surface area (Å²) in [5.41, 5.74) is 5.31. The predicted molar refractivity (Wildman–Crippen MR) is 123 cm³/mol. The molecule has 0 aliphatic heterocycles. The zero-order valence-electron chi connectivity index (χ0n) is 17.2. The lowest BCUT2D eigenvalue weighted by atomic mass is 9.95. The Hall–Kier alpha value is -2.65. The number of ether oxygens (including phenoxy) is 3. The number of methoxy groups -OCH3 is 2. The topological polar surface area (TPSA) is 81.2 Å². The molecule has 0 fully saturated rings. The summed E-state index contributed by atoms with van der Waals surface area (Å²) in [6, 6.07) is 5.47. The van der Waals surface area contributed by atoms with Gasteiger partial charge < -0.3 is 19.5 Å². The fourth-order valence-electron chi connectivity index (χ4n) is 3.30. The van der Waals surface area contributed by atoms with E-state index in [2.05, 4.69) is 15.8 Å². The molecule has 7 nitrogen and oxygen atoms in total. The largest absolute Gasteiger partial charge is 0.493 e. The van der Waals surface area contributed by atoms with Gasteiger partial charge >= 0.3 is 5.97 Å². The third-order valence-electron chi connectivity index (χ3n) is 4.67. The summed E-state index contributed by atoms with van der Waals surface area (Å²) >= 11 is 6.93. The minimum absolute atomic E-state index is 0.302. The monoisotopic (exact) mass is 447 g/mol. The number of carbonyl (C=O) groups excluding carboxylic acids is 1. The lowest BCUT2D eigenvalue weighted by molar-refractivity contribution is 0.0526. The summed E-state index contributed by atoms with van der Waals surface area (Å²) in [7, 11) is 3.17. The Bertz CT molecular complexity index is 956. The van der Waals surface area contributed by atoms with Crippen molar-refractivity contribution in [1.82, 2.24) is 5.43 Å². The highest BCUT2D eigenvalue weighted by Gasteiger charge is 2.26. The molecule has 1 aliphatic carbocycles. The zero-order chi connectivity index (χ0) is 21.5. The van der Waals surface area contributed by atoms with Gasteiger partial charge in [0.05, 0.1) is 32.6 Å². The van der Waals surface area contributed by atoms with Gasteiger partial charge in [-0.1, -0.05) is 0 Å². The van der Waals surface area contributed by atoms with Gasteiger partial charge in [0.15, 0.2) is 16.6 Å². The zero-order valence-corrected chi connectivity index (χ0v) is 18.9. The van der Waals surface area contributed by atoms with E-state index >= 15 is 0 Å². The Morgan fingerprint density at radius 2 is 2.00 bits per heavy atom. The fourth-order valence-corrected chi connectivity index (χ4v) is 4.80. The number of rotatable bonds is 7. The standard InChI is InChI=1S/C21H25N3O4S2/c1-4-28-20(25)18-14-7-5-6-8-17(14)30-19(18)23-21(29)24-22-12-13-9-10-15(26-2)16(11-13)27-3/h9-12H,4-8H2,1-3H3,(H2,23,24,29)/b22-12-. The van der Waals surface area contributed by atoms with Crippen LogP contribution in [-0.4, -0.2) is 38.1 Å². The normalized spacial score (nSPS) is 12.9. The SMILES string of the molecule is CCOC(=O)c1c(NC(=S)N/N=C\c2ccc(OC)c(OC)c2)sc2c1CCCC2. The molecule has 0 saturated carbocycles. The molecule has 0 radical (unpaired) electrons. The van der Waals surface area contributed by atoms with Crippen LogP contribution in [0.15, 0.2) is 23.3 Å². The van der Waals surface area contributed by atoms with E-state index < -0.39 is 0 Å². The molecule has 3 rings (SSSR count). The van der Waals surface area contributed by atoms with Crippen molar-refractivity contribution < 1.29 is 19.0 Å². The molecule has 9 heteroatoms. The number of carbonyl (C=O) groups is 1. The molecule has 30 heavy (non-hydrogen) atoms. The van der Waals surface area contributed by atoms with Gasteiger partial charge in [-0.15, -0.1) is 11.3 Å². The second-order valence-corrected chi connectivity index (χ2v) is 8.09. The predicted octanol–water partition coefficient (Wildman–Crippen LogP) is 4.14. The number of esters is 1. The van der Waals surface area contributed by atoms with Crippen molar-refractivity contribution in [2.24, 2.45) is 5.10 Å². The van der Waals surface area contributed by atoms with Gasteiger partial charge in [0.1, 0.15) is 5.00 Å². The quantitative estimate of drug-likeness (QED) is 0.286. The van der Waals surface area contributed by atoms with Crippen molar-refractivity contribution in [3.8, 4) is 11.5 Å². The molecular formula is C21H25N3O4S2. The second kappa shape index (κ2) is 10.4. The maximum atomic E-state index is 12.5. The summed E-state index contributed by atoms with van der Waals surface area (Å²) in [6.45, 7) is 2.14. The molecule has 0 unspecified atom stereocenters. The highest BCUT2D eigenvalue weighted by Crippen LogP contribution is 2.38. The Kier molecular flexibility index (Phi) is 7.64. The smallest absolute Gasteiger partial charge is 0.341 e. The van der Waals surface area contributed by atoms with E-state index in [1.165, 1.54) is 4.88 Å². The van der Waals surface area contributed by atoms with Crippen LogP contribution < -0.4 is 20.2 Å². The van der Waals surface area contributed by atoms with Crippen LogP contribution >= 0.6 is 23.6 Å². The van der Waals surface area contributed by atoms with E-state index in [0.29, 0.717) is 33.8 Å². The number of hydrazone groups is 1. The van der Waals surface area contributed by atoms with Gasteiger partial charge in [0, 0.05) is 4.88 Å². The molecular weight excluding hydrogens is 422 g/mol. The van der Waals surface area contributed by atoms with Crippen LogP contribution in [0.4, 0.5) is 5.00 Å². The first-order valence-corrected chi connectivity index (χ1v) is 10.9. The van der Waals surface area contributed by atoms with Crippen molar-refractivity contribution in [3.63, 3.8) is 0 Å². The number of thiophene rings is 1. The lowest BCUT2D eigenvalue weighted by Gasteiger charge is -2.12. The van der Waals surface area contributed by atoms with E-state index in [1.807, 2.05) is 12.1 Å². The van der Waals surface area contributed by atoms with Crippen LogP contribution in [0, 0.1) is 0 Å². The number of thiocarbonyl (C=S) groups is 1. The molecule has 0 bridgehead atoms. The number of benzene rings is 1. The van der Waals surface area contributed by atoms with Crippen LogP contribution in [0.25, 0.3) is 0 Å². The minimum atomic E-state index is -0.309. The number of hydrogen-bond acceptors (Lipinski definition) is 7. The number of aryl methyl sites for hydroxylation is 1. The molecule has 0 saturated heterocycles. The number of hydrogen-bond donors (Lipinski definition) is 2. The average molecular weight is 448 g/mol. The van der Waals surface area contributed by atoms with E-state index in [9.17, 15) is 4.79 Å². The molecule has 1 aromatic heterocycles. The highest BCUT2D eigenvalue weighted by molar-refractivity contribution is 7.80. The highest BCUT2D eigenvalue weighted by atomic mass is 32.1. The maximum Gasteiger partial charge on any atom is 0.341 e. The number of anilines is 1. The van der Waals surface area contributed by atoms with Crippen molar-refractivity contribution in [2.75, 3.05) is 26.1 Å². The average Bonchev–Trinajstić information content (AvgIpc) is 3.11. The van der Waals surface area contributed by atoms with Crippen LogP contribution in [0.5, 0.6) is 11.5 Å². The van der Waals surface area contributed by atoms with E-state index in [4.69, 9.17) is 26.4 Å². The lowest BCUT2D eigenvalue weighted by Crippen LogP contribution is -2.24. The van der Waals surface area contributed by atoms with Crippen molar-refractivity contribution in [2.45, 2.75) is 32.6 Å². The van der Waals surface area contributed by atoms with Gasteiger partial charge in [-0.05, 0) is 74.2 Å². The Morgan fingerprint density at radius 3 is 2.73 bits per heavy atom. The maximum absolute atomic E-state index is 12.5. The third-order valence-corrected chi connectivity index (χ3v) is 6.07. The van der Waals surface area contributed by atoms with Crippen molar-refractivity contribution in [3.05, 3.63) is 39.8 Å². The van der Waals surface area contributed by atoms with Crippen molar-refractivity contribution in [1.29, 1.82) is 0 Å². The summed E-state index contributed by atoms with van der Waals surface area (Å²) < 4.78 is 15.8. The van der Waals surface area contributed by atoms with Gasteiger partial charge in [-0.25, -0.2) is 4.79 Å². The van der Waals surface area contributed by atoms with Gasteiger partial charge in [-0.2, -0.15) is 5.10 Å². The van der Waals surface area contributed by atoms with Gasteiger partial charge in [-0.3, -0.25) is 5.43 Å². The Balaban J connectivity index is 1.70. The summed E-state index contributed by atoms with van der Waals surface area (Å²) in [5.74, 6) is 0.953. The summed E-state index contributed by atoms with van der Waals surface area (Å²) in [4.78, 5) is 13.7. The van der Waals surface area contributed by atoms with Gasteiger partial charge in [0.2, 0.25) is 0 Å². The third kappa shape index (κ3) is 5.09. The number of nitrogens with one attached hydrogen (secondary N) is 2. The Morgan fingerprint density at radius 1 is 1.23 bits per heavy atom. The first kappa shape index (κ1) is 22.0. The summed E-state index contributed by atoms with van der Waals surface area (Å²) in [5, 5.41) is 8.30. The van der Waals surface area contributed by atoms with E-state index in [-0.39, 0.29) is 5.97 Å². The second-order valence-electron chi connectivity index (χ2n) is 6.57. The molecule has 1 aromatic carbocycles. The molecule has 1 aliphatic rings. The minimum Gasteiger partial charge on any atom is -0.493 e. The first-order chi connectivity index (χ1) is 14.6. The fraction of sp³-hybridized carbons (Fsp3) is 0.381. The Labute approximate surface area is 185 Å². The molecule has 0 atom stereocenters. The molecule has 160 valence electrons. The number of nitrogens with zero attached hydrogens (tertiary/aromatic N) is 1. The van der Waals surface area contributed by atoms with Crippen LogP contribution in [0.1, 0.15) is 46.1 Å². The molecule has 2 aromatic rings. The van der Waals surface area contributed by atoms with Gasteiger partial charge in [0.25, 0.3) is 0 Å². The van der Waals surface area contributed by atoms with E-state index in [0.717, 1.165) is 36.8 Å². The van der Waals surface area contributed by atoms with Crippen LogP contribution in [-0.2, 0) is 17.6 Å². The molecule has 0 spiro atoms. The first-order valence-electron chi connectivity index (χ1n) is 9.71.